The zero-order valence-corrected chi connectivity index (χ0v) is 13.9. The molecule has 0 aromatic heterocycles. The summed E-state index contributed by atoms with van der Waals surface area (Å²) in [5.74, 6) is 0. The number of benzene rings is 2. The largest absolute Gasteiger partial charge is 0.143 e. The molecule has 0 unspecified atom stereocenters. The molecule has 19 heavy (non-hydrogen) atoms. The Morgan fingerprint density at radius 2 is 1.26 bits per heavy atom. The molecule has 0 amide bonds. The van der Waals surface area contributed by atoms with Gasteiger partial charge in [-0.2, -0.15) is 0 Å². The van der Waals surface area contributed by atoms with Crippen LogP contribution in [0.2, 0.25) is 0 Å². The Labute approximate surface area is 124 Å². The van der Waals surface area contributed by atoms with E-state index in [-0.39, 0.29) is 0 Å². The molecule has 0 saturated heterocycles. The van der Waals surface area contributed by atoms with Crippen molar-refractivity contribution >= 4 is 12.6 Å². The highest BCUT2D eigenvalue weighted by Gasteiger charge is 2.02. The zero-order valence-electron chi connectivity index (χ0n) is 13.0. The molecule has 0 nitrogen and oxygen atoms in total. The smallest absolute Gasteiger partial charge is 0.00404 e. The molecule has 0 aliphatic carbocycles. The van der Waals surface area contributed by atoms with Crippen molar-refractivity contribution in [1.29, 1.82) is 0 Å². The van der Waals surface area contributed by atoms with E-state index in [2.05, 4.69) is 56.8 Å². The minimum Gasteiger partial charge on any atom is -0.143 e. The van der Waals surface area contributed by atoms with E-state index in [4.69, 9.17) is 0 Å². The van der Waals surface area contributed by atoms with Crippen LogP contribution in [-0.4, -0.2) is 0 Å². The molecule has 104 valence electrons. The van der Waals surface area contributed by atoms with Crippen LogP contribution in [0.4, 0.5) is 0 Å². The van der Waals surface area contributed by atoms with Gasteiger partial charge in [0.1, 0.15) is 0 Å². The van der Waals surface area contributed by atoms with Gasteiger partial charge >= 0.3 is 0 Å². The summed E-state index contributed by atoms with van der Waals surface area (Å²) in [6.45, 7) is 12.3. The first-order valence-corrected chi connectivity index (χ1v) is 7.49. The maximum absolute atomic E-state index is 4.29. The molecule has 0 radical (unpaired) electrons. The van der Waals surface area contributed by atoms with Gasteiger partial charge in [-0.05, 0) is 48.2 Å². The number of aryl methyl sites for hydroxylation is 1. The van der Waals surface area contributed by atoms with E-state index in [1.807, 2.05) is 39.8 Å². The van der Waals surface area contributed by atoms with Crippen LogP contribution < -0.4 is 0 Å². The van der Waals surface area contributed by atoms with Gasteiger partial charge in [-0.15, -0.1) is 12.6 Å². The van der Waals surface area contributed by atoms with Gasteiger partial charge in [-0.25, -0.2) is 0 Å². The van der Waals surface area contributed by atoms with E-state index in [1.165, 1.54) is 22.3 Å². The first-order valence-electron chi connectivity index (χ1n) is 7.04. The quantitative estimate of drug-likeness (QED) is 0.579. The fraction of sp³-hybridized carbons (Fsp3) is 0.333. The zero-order chi connectivity index (χ0) is 14.8. The van der Waals surface area contributed by atoms with Crippen molar-refractivity contribution in [3.63, 3.8) is 0 Å². The Balaban J connectivity index is 0.000000741. The molecular weight excluding hydrogens is 248 g/mol. The van der Waals surface area contributed by atoms with Gasteiger partial charge in [0.15, 0.2) is 0 Å². The fourth-order valence-corrected chi connectivity index (χ4v) is 1.85. The van der Waals surface area contributed by atoms with Gasteiger partial charge in [0.2, 0.25) is 0 Å². The minimum atomic E-state index is 1.00. The van der Waals surface area contributed by atoms with Crippen molar-refractivity contribution in [2.45, 2.75) is 46.4 Å². The van der Waals surface area contributed by atoms with Crippen molar-refractivity contribution in [2.75, 3.05) is 0 Å². The molecule has 0 aliphatic rings. The van der Waals surface area contributed by atoms with Crippen LogP contribution in [0.25, 0.3) is 11.1 Å². The van der Waals surface area contributed by atoms with Gasteiger partial charge in [-0.1, -0.05) is 58.0 Å². The lowest BCUT2D eigenvalue weighted by Gasteiger charge is -2.08. The molecule has 0 aliphatic heterocycles. The lowest BCUT2D eigenvalue weighted by Crippen LogP contribution is -1.86. The molecule has 0 bridgehead atoms. The monoisotopic (exact) mass is 274 g/mol. The van der Waals surface area contributed by atoms with Gasteiger partial charge in [-0.3, -0.25) is 0 Å². The third-order valence-electron chi connectivity index (χ3n) is 2.78. The Morgan fingerprint density at radius 1 is 0.737 bits per heavy atom. The predicted molar refractivity (Wildman–Crippen MR) is 91.3 cm³/mol. The lowest BCUT2D eigenvalue weighted by atomic mass is 9.97. The molecule has 0 heterocycles. The number of thiol groups is 1. The Bertz CT molecular complexity index is 470. The highest BCUT2D eigenvalue weighted by atomic mass is 32.1. The number of hydrogen-bond acceptors (Lipinski definition) is 1. The summed E-state index contributed by atoms with van der Waals surface area (Å²) in [7, 11) is 0. The second-order valence-corrected chi connectivity index (χ2v) is 4.31. The predicted octanol–water partition coefficient (Wildman–Crippen LogP) is 6.31. The fourth-order valence-electron chi connectivity index (χ4n) is 1.70. The average molecular weight is 274 g/mol. The van der Waals surface area contributed by atoms with Crippen LogP contribution in [0.3, 0.4) is 0 Å². The molecule has 0 atom stereocenters. The molecule has 2 rings (SSSR count). The standard InChI is InChI=1S/C14H14S.2C2H6/c1-10-4-3-5-14(11(10)2)12-6-8-13(15)9-7-12;2*1-2/h3-9,15H,1-2H3;2*1-2H3. The van der Waals surface area contributed by atoms with Gasteiger partial charge in [0, 0.05) is 4.90 Å². The third-order valence-corrected chi connectivity index (χ3v) is 3.08. The van der Waals surface area contributed by atoms with E-state index >= 15 is 0 Å². The van der Waals surface area contributed by atoms with Crippen molar-refractivity contribution < 1.29 is 0 Å². The maximum Gasteiger partial charge on any atom is 0.00404 e. The van der Waals surface area contributed by atoms with E-state index in [1.54, 1.807) is 0 Å². The van der Waals surface area contributed by atoms with Crippen LogP contribution in [0.15, 0.2) is 47.4 Å². The highest BCUT2D eigenvalue weighted by molar-refractivity contribution is 7.80. The Kier molecular flexibility index (Phi) is 9.07. The summed E-state index contributed by atoms with van der Waals surface area (Å²) in [6.07, 6.45) is 0. The normalized spacial score (nSPS) is 8.79. The topological polar surface area (TPSA) is 0 Å². The van der Waals surface area contributed by atoms with Crippen LogP contribution in [0.5, 0.6) is 0 Å². The summed E-state index contributed by atoms with van der Waals surface area (Å²) >= 11 is 4.29. The summed E-state index contributed by atoms with van der Waals surface area (Å²) < 4.78 is 0. The van der Waals surface area contributed by atoms with Crippen molar-refractivity contribution in [3.8, 4) is 11.1 Å². The first-order chi connectivity index (χ1) is 9.18. The van der Waals surface area contributed by atoms with E-state index in [0.717, 1.165) is 4.90 Å². The molecule has 0 saturated carbocycles. The number of hydrogen-bond donors (Lipinski definition) is 1. The first kappa shape index (κ1) is 17.8. The second kappa shape index (κ2) is 9.69. The summed E-state index contributed by atoms with van der Waals surface area (Å²) in [6, 6.07) is 14.7. The summed E-state index contributed by atoms with van der Waals surface area (Å²) in [4.78, 5) is 1.00. The molecule has 0 N–H and O–H groups in total. The lowest BCUT2D eigenvalue weighted by molar-refractivity contribution is 1.33. The minimum absolute atomic E-state index is 1.00. The van der Waals surface area contributed by atoms with Crippen LogP contribution in [0, 0.1) is 13.8 Å². The molecule has 0 spiro atoms. The van der Waals surface area contributed by atoms with Crippen LogP contribution >= 0.6 is 12.6 Å². The molecule has 0 fully saturated rings. The van der Waals surface area contributed by atoms with Crippen LogP contribution in [-0.2, 0) is 0 Å². The highest BCUT2D eigenvalue weighted by Crippen LogP contribution is 2.26. The van der Waals surface area contributed by atoms with Gasteiger partial charge in [0.25, 0.3) is 0 Å². The molecule has 1 heteroatoms. The molecule has 2 aromatic rings. The Morgan fingerprint density at radius 3 is 1.79 bits per heavy atom. The number of rotatable bonds is 1. The van der Waals surface area contributed by atoms with Gasteiger partial charge < -0.3 is 0 Å². The molecular formula is C18H26S. The van der Waals surface area contributed by atoms with Crippen molar-refractivity contribution in [2.24, 2.45) is 0 Å². The molecule has 2 aromatic carbocycles. The van der Waals surface area contributed by atoms with Gasteiger partial charge in [0.05, 0.1) is 0 Å². The van der Waals surface area contributed by atoms with E-state index in [9.17, 15) is 0 Å². The maximum atomic E-state index is 4.29. The van der Waals surface area contributed by atoms with E-state index < -0.39 is 0 Å². The van der Waals surface area contributed by atoms with E-state index in [0.29, 0.717) is 0 Å². The van der Waals surface area contributed by atoms with Crippen molar-refractivity contribution in [3.05, 3.63) is 53.6 Å². The Hall–Kier alpha value is -1.21. The summed E-state index contributed by atoms with van der Waals surface area (Å²) in [5.41, 5.74) is 5.25. The third kappa shape index (κ3) is 5.12. The van der Waals surface area contributed by atoms with Crippen molar-refractivity contribution in [1.82, 2.24) is 0 Å². The summed E-state index contributed by atoms with van der Waals surface area (Å²) in [5, 5.41) is 0. The average Bonchev–Trinajstić information content (AvgIpc) is 2.47. The second-order valence-electron chi connectivity index (χ2n) is 3.79. The van der Waals surface area contributed by atoms with Crippen LogP contribution in [0.1, 0.15) is 38.8 Å². The SMILES string of the molecule is CC.CC.Cc1cccc(-c2ccc(S)cc2)c1C.